The van der Waals surface area contributed by atoms with Crippen LogP contribution in [0.3, 0.4) is 0 Å². The van der Waals surface area contributed by atoms with Gasteiger partial charge in [0.15, 0.2) is 0 Å². The van der Waals surface area contributed by atoms with Gasteiger partial charge in [0.05, 0.1) is 0 Å². The van der Waals surface area contributed by atoms with Gasteiger partial charge in [-0.1, -0.05) is 0 Å². The minimum absolute atomic E-state index is 0.194. The van der Waals surface area contributed by atoms with Gasteiger partial charge in [0.25, 0.3) is 0 Å². The number of amidine groups is 1. The van der Waals surface area contributed by atoms with E-state index in [-0.39, 0.29) is 6.17 Å². The first-order chi connectivity index (χ1) is 3.29. The summed E-state index contributed by atoms with van der Waals surface area (Å²) < 4.78 is 0. The molecule has 3 nitrogen and oxygen atoms in total. The Kier molecular flexibility index (Phi) is 0.834. The molecule has 3 heteroatoms. The Morgan fingerprint density at radius 3 is 2.57 bits per heavy atom. The maximum absolute atomic E-state index is 5.27. The molecule has 0 aromatic rings. The predicted octanol–water partition coefficient (Wildman–Crippen LogP) is -0.802. The monoisotopic (exact) mass is 97.1 g/mol. The van der Waals surface area contributed by atoms with Crippen molar-refractivity contribution in [1.82, 2.24) is 0 Å². The molecule has 1 rings (SSSR count). The molecule has 0 saturated heterocycles. The zero-order chi connectivity index (χ0) is 5.28. The molecule has 38 valence electrons. The smallest absolute Gasteiger partial charge is 0.120 e. The van der Waals surface area contributed by atoms with E-state index in [0.29, 0.717) is 5.84 Å². The summed E-state index contributed by atoms with van der Waals surface area (Å²) in [7, 11) is 0. The Morgan fingerprint density at radius 2 is 2.43 bits per heavy atom. The van der Waals surface area contributed by atoms with Gasteiger partial charge in [-0.15, -0.1) is 0 Å². The molecule has 0 saturated carbocycles. The van der Waals surface area contributed by atoms with Crippen LogP contribution in [0.5, 0.6) is 0 Å². The third-order valence-electron chi connectivity index (χ3n) is 0.762. The lowest BCUT2D eigenvalue weighted by atomic mass is 10.5. The molecule has 1 aliphatic heterocycles. The van der Waals surface area contributed by atoms with Crippen molar-refractivity contribution >= 4 is 5.84 Å². The molecule has 1 heterocycles. The molecule has 4 N–H and O–H groups in total. The van der Waals surface area contributed by atoms with Gasteiger partial charge in [0.1, 0.15) is 12.0 Å². The quantitative estimate of drug-likeness (QED) is 0.415. The van der Waals surface area contributed by atoms with Crippen molar-refractivity contribution in [2.75, 3.05) is 0 Å². The Morgan fingerprint density at radius 1 is 1.71 bits per heavy atom. The molecule has 0 aliphatic carbocycles. The topological polar surface area (TPSA) is 64.4 Å². The van der Waals surface area contributed by atoms with Gasteiger partial charge in [-0.25, -0.2) is 4.99 Å². The Balaban J connectivity index is 2.69. The summed E-state index contributed by atoms with van der Waals surface area (Å²) >= 11 is 0. The van der Waals surface area contributed by atoms with Gasteiger partial charge in [-0.2, -0.15) is 0 Å². The van der Waals surface area contributed by atoms with Crippen LogP contribution in [0, 0.1) is 0 Å². The van der Waals surface area contributed by atoms with E-state index in [2.05, 4.69) is 4.99 Å². The number of nitrogens with zero attached hydrogens (tertiary/aromatic N) is 1. The van der Waals surface area contributed by atoms with E-state index in [9.17, 15) is 0 Å². The van der Waals surface area contributed by atoms with E-state index in [1.165, 1.54) is 0 Å². The fraction of sp³-hybridized carbons (Fsp3) is 0.250. The molecule has 7 heavy (non-hydrogen) atoms. The van der Waals surface area contributed by atoms with Crippen molar-refractivity contribution in [2.45, 2.75) is 6.17 Å². The van der Waals surface area contributed by atoms with Crippen molar-refractivity contribution in [1.29, 1.82) is 0 Å². The third kappa shape index (κ3) is 0.778. The van der Waals surface area contributed by atoms with E-state index in [1.54, 1.807) is 12.2 Å². The lowest BCUT2D eigenvalue weighted by Crippen LogP contribution is -2.13. The fourth-order valence-electron chi connectivity index (χ4n) is 0.455. The van der Waals surface area contributed by atoms with Crippen LogP contribution in [0.25, 0.3) is 0 Å². The number of hydrogen-bond donors (Lipinski definition) is 2. The van der Waals surface area contributed by atoms with Crippen molar-refractivity contribution in [3.05, 3.63) is 12.2 Å². The minimum atomic E-state index is -0.194. The summed E-state index contributed by atoms with van der Waals surface area (Å²) in [5.41, 5.74) is 10.5. The van der Waals surface area contributed by atoms with E-state index in [1.807, 2.05) is 0 Å². The first-order valence-electron chi connectivity index (χ1n) is 2.06. The average molecular weight is 97.1 g/mol. The summed E-state index contributed by atoms with van der Waals surface area (Å²) in [5.74, 6) is 0.521. The highest BCUT2D eigenvalue weighted by Gasteiger charge is 1.98. The molecule has 1 aliphatic rings. The van der Waals surface area contributed by atoms with Gasteiger partial charge in [-0.05, 0) is 12.2 Å². The van der Waals surface area contributed by atoms with Crippen LogP contribution in [0.2, 0.25) is 0 Å². The molecule has 0 spiro atoms. The first kappa shape index (κ1) is 4.33. The Labute approximate surface area is 41.7 Å². The van der Waals surface area contributed by atoms with Gasteiger partial charge < -0.3 is 11.5 Å². The number of rotatable bonds is 0. The van der Waals surface area contributed by atoms with Crippen molar-refractivity contribution in [2.24, 2.45) is 16.5 Å². The molecule has 0 fully saturated rings. The SMILES string of the molecule is NC1=NC(N)C=C1. The molecule has 0 radical (unpaired) electrons. The first-order valence-corrected chi connectivity index (χ1v) is 2.06. The van der Waals surface area contributed by atoms with Crippen molar-refractivity contribution in [3.8, 4) is 0 Å². The second kappa shape index (κ2) is 1.35. The fourth-order valence-corrected chi connectivity index (χ4v) is 0.455. The van der Waals surface area contributed by atoms with E-state index >= 15 is 0 Å². The van der Waals surface area contributed by atoms with Gasteiger partial charge in [-0.3, -0.25) is 0 Å². The molecule has 1 atom stereocenters. The van der Waals surface area contributed by atoms with Gasteiger partial charge in [0, 0.05) is 0 Å². The van der Waals surface area contributed by atoms with Crippen LogP contribution in [0.4, 0.5) is 0 Å². The molecule has 1 unspecified atom stereocenters. The van der Waals surface area contributed by atoms with Crippen LogP contribution in [-0.4, -0.2) is 12.0 Å². The zero-order valence-corrected chi connectivity index (χ0v) is 3.83. The summed E-state index contributed by atoms with van der Waals surface area (Å²) in [5, 5.41) is 0. The lowest BCUT2D eigenvalue weighted by Gasteiger charge is -1.87. The number of aliphatic imine (C=N–C) groups is 1. The van der Waals surface area contributed by atoms with E-state index < -0.39 is 0 Å². The van der Waals surface area contributed by atoms with Gasteiger partial charge in [0.2, 0.25) is 0 Å². The molecule has 0 bridgehead atoms. The summed E-state index contributed by atoms with van der Waals surface area (Å²) in [6.45, 7) is 0. The van der Waals surface area contributed by atoms with Crippen LogP contribution >= 0.6 is 0 Å². The maximum atomic E-state index is 5.27. The average Bonchev–Trinajstić information content (AvgIpc) is 1.87. The molecule has 0 amide bonds. The van der Waals surface area contributed by atoms with Crippen LogP contribution < -0.4 is 11.5 Å². The second-order valence-corrected chi connectivity index (χ2v) is 1.40. The largest absolute Gasteiger partial charge is 0.384 e. The third-order valence-corrected chi connectivity index (χ3v) is 0.762. The maximum Gasteiger partial charge on any atom is 0.120 e. The molecular formula is C4H7N3. The molecular weight excluding hydrogens is 90.1 g/mol. The van der Waals surface area contributed by atoms with Crippen LogP contribution in [0.1, 0.15) is 0 Å². The standard InChI is InChI=1S/C4H7N3/c5-3-1-2-4(6)7-3/h1-3H,5H2,(H2,6,7). The van der Waals surface area contributed by atoms with Crippen molar-refractivity contribution in [3.63, 3.8) is 0 Å². The predicted molar refractivity (Wildman–Crippen MR) is 28.7 cm³/mol. The number of nitrogens with two attached hydrogens (primary N) is 2. The normalized spacial score (nSPS) is 28.1. The van der Waals surface area contributed by atoms with Crippen molar-refractivity contribution < 1.29 is 0 Å². The second-order valence-electron chi connectivity index (χ2n) is 1.40. The minimum Gasteiger partial charge on any atom is -0.384 e. The highest BCUT2D eigenvalue weighted by molar-refractivity contribution is 5.93. The summed E-state index contributed by atoms with van der Waals surface area (Å²) in [4.78, 5) is 3.75. The number of hydrogen-bond acceptors (Lipinski definition) is 3. The molecule has 0 aromatic carbocycles. The lowest BCUT2D eigenvalue weighted by molar-refractivity contribution is 0.893. The summed E-state index contributed by atoms with van der Waals surface area (Å²) in [6.07, 6.45) is 3.25. The van der Waals surface area contributed by atoms with E-state index in [4.69, 9.17) is 11.5 Å². The highest BCUT2D eigenvalue weighted by Crippen LogP contribution is 1.92. The Bertz CT molecular complexity index is 125. The van der Waals surface area contributed by atoms with E-state index in [0.717, 1.165) is 0 Å². The van der Waals surface area contributed by atoms with Gasteiger partial charge >= 0.3 is 0 Å². The van der Waals surface area contributed by atoms with Crippen LogP contribution in [-0.2, 0) is 0 Å². The summed E-state index contributed by atoms with van der Waals surface area (Å²) in [6, 6.07) is 0. The van der Waals surface area contributed by atoms with Crippen LogP contribution in [0.15, 0.2) is 17.1 Å². The highest BCUT2D eigenvalue weighted by atomic mass is 15.0. The zero-order valence-electron chi connectivity index (χ0n) is 3.83. The Hall–Kier alpha value is -0.830. The molecule has 0 aromatic heterocycles.